The van der Waals surface area contributed by atoms with Gasteiger partial charge in [-0.1, -0.05) is 24.3 Å². The van der Waals surface area contributed by atoms with E-state index in [2.05, 4.69) is 5.43 Å². The van der Waals surface area contributed by atoms with Crippen LogP contribution in [0.2, 0.25) is 0 Å². The fourth-order valence-electron chi connectivity index (χ4n) is 2.81. The van der Waals surface area contributed by atoms with E-state index in [1.54, 1.807) is 20.8 Å². The Bertz CT molecular complexity index is 640. The number of fused-ring (bicyclic) bond motifs is 2. The second kappa shape index (κ2) is 5.49. The van der Waals surface area contributed by atoms with Crippen LogP contribution in [0.15, 0.2) is 24.3 Å². The Morgan fingerprint density at radius 2 is 1.96 bits per heavy atom. The number of hydrazine groups is 1. The second-order valence-corrected chi connectivity index (χ2v) is 7.05. The lowest BCUT2D eigenvalue weighted by molar-refractivity contribution is -0.130. The second-order valence-electron chi connectivity index (χ2n) is 6.69. The average molecular weight is 333 g/mol. The van der Waals surface area contributed by atoms with Crippen molar-refractivity contribution in [3.8, 4) is 0 Å². The zero-order valence-corrected chi connectivity index (χ0v) is 14.1. The Balaban J connectivity index is 1.76. The maximum atomic E-state index is 12.6. The van der Waals surface area contributed by atoms with Crippen LogP contribution in [0.25, 0.3) is 0 Å². The smallest absolute Gasteiger partial charge is 0.427 e. The van der Waals surface area contributed by atoms with Gasteiger partial charge in [-0.15, -0.1) is 0 Å². The number of carbonyl (C=O) groups is 2. The lowest BCUT2D eigenvalue weighted by Crippen LogP contribution is -2.48. The monoisotopic (exact) mass is 333 g/mol. The van der Waals surface area contributed by atoms with Gasteiger partial charge >= 0.3 is 6.09 Å². The number of thiocarbonyl (C=S) groups is 1. The van der Waals surface area contributed by atoms with Crippen molar-refractivity contribution in [2.45, 2.75) is 45.4 Å². The third kappa shape index (κ3) is 3.01. The molecule has 0 spiro atoms. The predicted octanol–water partition coefficient (Wildman–Crippen LogP) is 1.98. The number of hydrogen-bond donors (Lipinski definition) is 1. The molecule has 0 radical (unpaired) electrons. The number of amides is 2. The third-order valence-corrected chi connectivity index (χ3v) is 4.21. The Kier molecular flexibility index (Phi) is 3.75. The Labute approximate surface area is 140 Å². The van der Waals surface area contributed by atoms with Gasteiger partial charge in [-0.3, -0.25) is 4.79 Å². The van der Waals surface area contributed by atoms with E-state index in [4.69, 9.17) is 17.0 Å². The van der Waals surface area contributed by atoms with Gasteiger partial charge in [0.05, 0.1) is 0 Å². The highest BCUT2D eigenvalue weighted by Crippen LogP contribution is 2.29. The van der Waals surface area contributed by atoms with E-state index in [0.29, 0.717) is 18.1 Å². The molecular weight excluding hydrogens is 314 g/mol. The van der Waals surface area contributed by atoms with Crippen molar-refractivity contribution >= 4 is 29.3 Å². The Morgan fingerprint density at radius 3 is 2.61 bits per heavy atom. The van der Waals surface area contributed by atoms with Crippen molar-refractivity contribution in [2.24, 2.45) is 0 Å². The third-order valence-electron chi connectivity index (χ3n) is 3.79. The molecule has 2 aliphatic rings. The normalized spacial score (nSPS) is 20.2. The average Bonchev–Trinajstić information content (AvgIpc) is 2.68. The Morgan fingerprint density at radius 1 is 1.30 bits per heavy atom. The number of nitrogens with one attached hydrogen (secondary N) is 1. The van der Waals surface area contributed by atoms with E-state index in [0.717, 1.165) is 16.1 Å². The summed E-state index contributed by atoms with van der Waals surface area (Å²) >= 11 is 5.36. The summed E-state index contributed by atoms with van der Waals surface area (Å²) in [5.74, 6) is -0.227. The van der Waals surface area contributed by atoms with Crippen molar-refractivity contribution < 1.29 is 14.3 Å². The minimum Gasteiger partial charge on any atom is -0.443 e. The van der Waals surface area contributed by atoms with Gasteiger partial charge in [0, 0.05) is 13.0 Å². The lowest BCUT2D eigenvalue weighted by Gasteiger charge is -2.30. The molecule has 122 valence electrons. The highest BCUT2D eigenvalue weighted by atomic mass is 32.1. The van der Waals surface area contributed by atoms with Gasteiger partial charge in [0.2, 0.25) is 0 Å². The maximum Gasteiger partial charge on any atom is 0.427 e. The number of hydrogen-bond acceptors (Lipinski definition) is 4. The van der Waals surface area contributed by atoms with Crippen LogP contribution < -0.4 is 5.43 Å². The molecule has 1 atom stereocenters. The van der Waals surface area contributed by atoms with E-state index in [-0.39, 0.29) is 11.9 Å². The molecule has 0 aromatic heterocycles. The van der Waals surface area contributed by atoms with Gasteiger partial charge in [0.15, 0.2) is 5.11 Å². The minimum atomic E-state index is -0.689. The van der Waals surface area contributed by atoms with Gasteiger partial charge in [-0.05, 0) is 44.1 Å². The fraction of sp³-hybridized carbons (Fsp3) is 0.438. The molecule has 2 aliphatic heterocycles. The van der Waals surface area contributed by atoms with Gasteiger partial charge in [-0.25, -0.2) is 10.2 Å². The topological polar surface area (TPSA) is 61.9 Å². The largest absolute Gasteiger partial charge is 0.443 e. The molecule has 1 saturated heterocycles. The molecule has 2 heterocycles. The van der Waals surface area contributed by atoms with E-state index < -0.39 is 11.7 Å². The first-order valence-corrected chi connectivity index (χ1v) is 7.88. The molecule has 0 aliphatic carbocycles. The molecule has 23 heavy (non-hydrogen) atoms. The fourth-order valence-corrected chi connectivity index (χ4v) is 3.14. The predicted molar refractivity (Wildman–Crippen MR) is 88.3 cm³/mol. The van der Waals surface area contributed by atoms with Gasteiger partial charge in [0.1, 0.15) is 11.6 Å². The van der Waals surface area contributed by atoms with Gasteiger partial charge in [0.25, 0.3) is 5.91 Å². The van der Waals surface area contributed by atoms with Crippen LogP contribution in [0.4, 0.5) is 4.79 Å². The summed E-state index contributed by atoms with van der Waals surface area (Å²) in [6, 6.07) is 7.61. The van der Waals surface area contributed by atoms with Crippen LogP contribution in [0.3, 0.4) is 0 Å². The molecule has 1 aromatic rings. The van der Waals surface area contributed by atoms with Crippen molar-refractivity contribution in [2.75, 3.05) is 0 Å². The SMILES string of the molecule is CC(C)(C)OC(=O)NN1C(=O)[C@@H]2Cc3ccccc3CN2C1=S. The van der Waals surface area contributed by atoms with Crippen LogP contribution in [-0.4, -0.2) is 38.7 Å². The van der Waals surface area contributed by atoms with E-state index in [9.17, 15) is 9.59 Å². The first-order chi connectivity index (χ1) is 10.8. The highest BCUT2D eigenvalue weighted by molar-refractivity contribution is 7.80. The Hall–Kier alpha value is -2.15. The summed E-state index contributed by atoms with van der Waals surface area (Å²) < 4.78 is 5.19. The van der Waals surface area contributed by atoms with Crippen molar-refractivity contribution in [3.05, 3.63) is 35.4 Å². The molecule has 6 nitrogen and oxygen atoms in total. The van der Waals surface area contributed by atoms with Crippen molar-refractivity contribution in [3.63, 3.8) is 0 Å². The van der Waals surface area contributed by atoms with Gasteiger partial charge in [-0.2, -0.15) is 5.01 Å². The first kappa shape index (κ1) is 15.7. The highest BCUT2D eigenvalue weighted by Gasteiger charge is 2.46. The molecule has 0 bridgehead atoms. The zero-order valence-electron chi connectivity index (χ0n) is 13.3. The molecule has 0 saturated carbocycles. The van der Waals surface area contributed by atoms with Crippen LogP contribution in [0.5, 0.6) is 0 Å². The summed E-state index contributed by atoms with van der Waals surface area (Å²) in [6.45, 7) is 5.85. The lowest BCUT2D eigenvalue weighted by atomic mass is 9.95. The number of carbonyl (C=O) groups excluding carboxylic acids is 2. The van der Waals surface area contributed by atoms with Crippen molar-refractivity contribution in [1.29, 1.82) is 0 Å². The van der Waals surface area contributed by atoms with E-state index in [1.807, 2.05) is 29.2 Å². The molecular formula is C16H19N3O3S. The van der Waals surface area contributed by atoms with E-state index in [1.165, 1.54) is 0 Å². The number of ether oxygens (including phenoxy) is 1. The van der Waals surface area contributed by atoms with Crippen LogP contribution in [0.1, 0.15) is 31.9 Å². The summed E-state index contributed by atoms with van der Waals surface area (Å²) in [5.41, 5.74) is 4.11. The summed E-state index contributed by atoms with van der Waals surface area (Å²) in [4.78, 5) is 26.4. The number of rotatable bonds is 1. The molecule has 1 aromatic carbocycles. The quantitative estimate of drug-likeness (QED) is 0.796. The summed E-state index contributed by atoms with van der Waals surface area (Å²) in [5, 5.41) is 1.43. The summed E-state index contributed by atoms with van der Waals surface area (Å²) in [7, 11) is 0. The zero-order chi connectivity index (χ0) is 16.8. The molecule has 1 N–H and O–H groups in total. The van der Waals surface area contributed by atoms with E-state index >= 15 is 0 Å². The maximum absolute atomic E-state index is 12.6. The molecule has 0 unspecified atom stereocenters. The van der Waals surface area contributed by atoms with Crippen LogP contribution in [-0.2, 0) is 22.5 Å². The standard InChI is InChI=1S/C16H19N3O3S/c1-16(2,3)22-14(21)17-19-13(20)12-8-10-6-4-5-7-11(10)9-18(12)15(19)23/h4-7,12H,8-9H2,1-3H3,(H,17,21)/t12-/m0/s1. The van der Waals surface area contributed by atoms with Crippen LogP contribution >= 0.6 is 12.2 Å². The molecule has 3 rings (SSSR count). The minimum absolute atomic E-state index is 0.227. The number of benzene rings is 1. The molecule has 2 amide bonds. The molecule has 7 heteroatoms. The summed E-state index contributed by atoms with van der Waals surface area (Å²) in [6.07, 6.45) is -0.104. The molecule has 1 fully saturated rings. The van der Waals surface area contributed by atoms with Gasteiger partial charge < -0.3 is 9.64 Å². The number of nitrogens with zero attached hydrogens (tertiary/aromatic N) is 2. The van der Waals surface area contributed by atoms with Crippen LogP contribution in [0, 0.1) is 0 Å². The van der Waals surface area contributed by atoms with Crippen molar-refractivity contribution in [1.82, 2.24) is 15.3 Å². The first-order valence-electron chi connectivity index (χ1n) is 7.47.